The van der Waals surface area contributed by atoms with Gasteiger partial charge in [0.15, 0.2) is 0 Å². The molecule has 0 spiro atoms. The molecule has 106 valence electrons. The van der Waals surface area contributed by atoms with E-state index in [1.807, 2.05) is 32.2 Å². The van der Waals surface area contributed by atoms with Crippen LogP contribution in [0.2, 0.25) is 5.02 Å². The number of ether oxygens (including phenoxy) is 1. The van der Waals surface area contributed by atoms with Crippen molar-refractivity contribution in [1.29, 1.82) is 0 Å². The average molecular weight is 304 g/mol. The molecule has 1 aromatic heterocycles. The zero-order valence-corrected chi connectivity index (χ0v) is 12.8. The number of carbonyl (C=O) groups is 1. The Bertz CT molecular complexity index is 469. The molecule has 1 aliphatic rings. The summed E-state index contributed by atoms with van der Waals surface area (Å²) in [5.41, 5.74) is -0.527. The zero-order valence-electron chi connectivity index (χ0n) is 11.2. The molecule has 1 aromatic rings. The van der Waals surface area contributed by atoms with E-state index in [9.17, 15) is 9.90 Å². The highest BCUT2D eigenvalue weighted by molar-refractivity contribution is 7.10. The molecule has 4 nitrogen and oxygen atoms in total. The van der Waals surface area contributed by atoms with Gasteiger partial charge in [-0.1, -0.05) is 11.6 Å². The number of rotatable bonds is 1. The highest BCUT2D eigenvalue weighted by atomic mass is 35.5. The lowest BCUT2D eigenvalue weighted by Crippen LogP contribution is -2.35. The Kier molecular flexibility index (Phi) is 4.08. The highest BCUT2D eigenvalue weighted by Gasteiger charge is 2.38. The molecule has 1 fully saturated rings. The summed E-state index contributed by atoms with van der Waals surface area (Å²) in [6.07, 6.45) is -0.981. The van der Waals surface area contributed by atoms with Crippen LogP contribution >= 0.6 is 22.9 Å². The molecular formula is C13H18ClNO3S. The van der Waals surface area contributed by atoms with Crippen LogP contribution < -0.4 is 0 Å². The van der Waals surface area contributed by atoms with Crippen molar-refractivity contribution in [3.63, 3.8) is 0 Å². The Morgan fingerprint density at radius 2 is 2.21 bits per heavy atom. The summed E-state index contributed by atoms with van der Waals surface area (Å²) in [4.78, 5) is 14.4. The van der Waals surface area contributed by atoms with Gasteiger partial charge >= 0.3 is 6.09 Å². The Balaban J connectivity index is 2.06. The smallest absolute Gasteiger partial charge is 0.410 e. The van der Waals surface area contributed by atoms with Gasteiger partial charge in [0.25, 0.3) is 0 Å². The number of nitrogens with zero attached hydrogens (tertiary/aromatic N) is 1. The van der Waals surface area contributed by atoms with Gasteiger partial charge in [0.2, 0.25) is 0 Å². The van der Waals surface area contributed by atoms with E-state index < -0.39 is 11.7 Å². The summed E-state index contributed by atoms with van der Waals surface area (Å²) in [6, 6.07) is 1.81. The second kappa shape index (κ2) is 5.31. The zero-order chi connectivity index (χ0) is 14.2. The predicted molar refractivity (Wildman–Crippen MR) is 75.9 cm³/mol. The molecule has 0 unspecified atom stereocenters. The van der Waals surface area contributed by atoms with E-state index in [0.29, 0.717) is 11.6 Å². The third-order valence-corrected chi connectivity index (χ3v) is 4.41. The molecule has 0 radical (unpaired) electrons. The molecule has 0 bridgehead atoms. The topological polar surface area (TPSA) is 49.8 Å². The first-order chi connectivity index (χ1) is 8.78. The van der Waals surface area contributed by atoms with Crippen LogP contribution in [0.25, 0.3) is 0 Å². The van der Waals surface area contributed by atoms with E-state index in [4.69, 9.17) is 16.3 Å². The molecule has 0 saturated carbocycles. The molecule has 1 saturated heterocycles. The molecule has 19 heavy (non-hydrogen) atoms. The summed E-state index contributed by atoms with van der Waals surface area (Å²) >= 11 is 7.59. The highest BCUT2D eigenvalue weighted by Crippen LogP contribution is 2.36. The van der Waals surface area contributed by atoms with Crippen LogP contribution in [0.3, 0.4) is 0 Å². The minimum atomic E-state index is -0.594. The average Bonchev–Trinajstić information content (AvgIpc) is 2.82. The lowest BCUT2D eigenvalue weighted by molar-refractivity contribution is 0.0270. The molecule has 1 N–H and O–H groups in total. The number of aliphatic hydroxyl groups is 1. The van der Waals surface area contributed by atoms with E-state index >= 15 is 0 Å². The number of likely N-dealkylation sites (tertiary alicyclic amines) is 1. The minimum absolute atomic E-state index is 0.125. The van der Waals surface area contributed by atoms with Crippen molar-refractivity contribution in [3.05, 3.63) is 21.3 Å². The van der Waals surface area contributed by atoms with Gasteiger partial charge in [-0.05, 0) is 32.2 Å². The molecule has 2 rings (SSSR count). The van der Waals surface area contributed by atoms with Gasteiger partial charge in [-0.25, -0.2) is 4.79 Å². The quantitative estimate of drug-likeness (QED) is 0.867. The molecule has 2 heterocycles. The Labute approximate surface area is 121 Å². The molecule has 2 atom stereocenters. The third kappa shape index (κ3) is 3.41. The van der Waals surface area contributed by atoms with Crippen LogP contribution in [0.4, 0.5) is 4.79 Å². The van der Waals surface area contributed by atoms with Crippen LogP contribution in [0, 0.1) is 0 Å². The van der Waals surface area contributed by atoms with E-state index in [0.717, 1.165) is 4.88 Å². The van der Waals surface area contributed by atoms with Crippen molar-refractivity contribution in [1.82, 2.24) is 4.90 Å². The standard InChI is InChI=1S/C13H18ClNO3S/c1-13(2,3)18-12(17)15-6-8(10(16)7-15)11-9(14)4-5-19-11/h4-5,8,10,16H,6-7H2,1-3H3/t8-,10-/m1/s1. The van der Waals surface area contributed by atoms with Gasteiger partial charge < -0.3 is 14.7 Å². The first-order valence-electron chi connectivity index (χ1n) is 6.17. The van der Waals surface area contributed by atoms with Gasteiger partial charge in [-0.3, -0.25) is 0 Å². The fourth-order valence-electron chi connectivity index (χ4n) is 2.09. The number of aliphatic hydroxyl groups excluding tert-OH is 1. The van der Waals surface area contributed by atoms with Gasteiger partial charge in [0.1, 0.15) is 5.60 Å². The molecule has 0 aliphatic carbocycles. The molecule has 6 heteroatoms. The van der Waals surface area contributed by atoms with Gasteiger partial charge in [-0.2, -0.15) is 0 Å². The van der Waals surface area contributed by atoms with Crippen LogP contribution in [0.5, 0.6) is 0 Å². The van der Waals surface area contributed by atoms with E-state index in [2.05, 4.69) is 0 Å². The second-order valence-corrected chi connectivity index (χ2v) is 7.05. The molecule has 1 aliphatic heterocycles. The van der Waals surface area contributed by atoms with Gasteiger partial charge in [-0.15, -0.1) is 11.3 Å². The molecule has 0 aromatic carbocycles. The van der Waals surface area contributed by atoms with Gasteiger partial charge in [0, 0.05) is 17.3 Å². The van der Waals surface area contributed by atoms with E-state index in [-0.39, 0.29) is 18.6 Å². The maximum atomic E-state index is 12.0. The van der Waals surface area contributed by atoms with Crippen molar-refractivity contribution in [3.8, 4) is 0 Å². The van der Waals surface area contributed by atoms with Gasteiger partial charge in [0.05, 0.1) is 17.7 Å². The van der Waals surface area contributed by atoms with Crippen molar-refractivity contribution in [2.24, 2.45) is 0 Å². The predicted octanol–water partition coefficient (Wildman–Crippen LogP) is 3.10. The van der Waals surface area contributed by atoms with E-state index in [1.54, 1.807) is 0 Å². The van der Waals surface area contributed by atoms with Crippen LogP contribution in [0.15, 0.2) is 11.4 Å². The molecular weight excluding hydrogens is 286 g/mol. The maximum absolute atomic E-state index is 12.0. The normalized spacial score (nSPS) is 23.7. The summed E-state index contributed by atoms with van der Waals surface area (Å²) in [7, 11) is 0. The number of carbonyl (C=O) groups excluding carboxylic acids is 1. The van der Waals surface area contributed by atoms with Crippen molar-refractivity contribution >= 4 is 29.0 Å². The number of amides is 1. The third-order valence-electron chi connectivity index (χ3n) is 2.92. The number of β-amino-alcohol motifs (C(OH)–C–C–N with tert-alkyl or cyclic N) is 1. The van der Waals surface area contributed by atoms with Crippen LogP contribution in [0.1, 0.15) is 31.6 Å². The Morgan fingerprint density at radius 3 is 2.74 bits per heavy atom. The lowest BCUT2D eigenvalue weighted by Gasteiger charge is -2.24. The van der Waals surface area contributed by atoms with Crippen LogP contribution in [-0.4, -0.2) is 40.9 Å². The first kappa shape index (κ1) is 14.6. The number of hydrogen-bond donors (Lipinski definition) is 1. The fourth-order valence-corrected chi connectivity index (χ4v) is 3.44. The summed E-state index contributed by atoms with van der Waals surface area (Å²) < 4.78 is 5.31. The minimum Gasteiger partial charge on any atom is -0.444 e. The summed E-state index contributed by atoms with van der Waals surface area (Å²) in [5.74, 6) is -0.125. The maximum Gasteiger partial charge on any atom is 0.410 e. The summed E-state index contributed by atoms with van der Waals surface area (Å²) in [6.45, 7) is 6.20. The second-order valence-electron chi connectivity index (χ2n) is 5.69. The molecule has 1 amide bonds. The lowest BCUT2D eigenvalue weighted by atomic mass is 10.0. The number of thiophene rings is 1. The van der Waals surface area contributed by atoms with Crippen molar-refractivity contribution < 1.29 is 14.6 Å². The first-order valence-corrected chi connectivity index (χ1v) is 7.42. The van der Waals surface area contributed by atoms with Crippen molar-refractivity contribution in [2.45, 2.75) is 38.4 Å². The Morgan fingerprint density at radius 1 is 1.53 bits per heavy atom. The SMILES string of the molecule is CC(C)(C)OC(=O)N1C[C@@H](O)[C@H](c2sccc2Cl)C1. The Hall–Kier alpha value is -0.780. The number of hydrogen-bond acceptors (Lipinski definition) is 4. The number of halogens is 1. The van der Waals surface area contributed by atoms with E-state index in [1.165, 1.54) is 16.2 Å². The fraction of sp³-hybridized carbons (Fsp3) is 0.615. The monoisotopic (exact) mass is 303 g/mol. The van der Waals surface area contributed by atoms with Crippen LogP contribution in [-0.2, 0) is 4.74 Å². The summed E-state index contributed by atoms with van der Waals surface area (Å²) in [5, 5.41) is 12.6. The largest absolute Gasteiger partial charge is 0.444 e. The van der Waals surface area contributed by atoms with Crippen molar-refractivity contribution in [2.75, 3.05) is 13.1 Å².